The van der Waals surface area contributed by atoms with Crippen LogP contribution >= 0.6 is 0 Å². The molecule has 3 rings (SSSR count). The smallest absolute Gasteiger partial charge is 0.251 e. The SMILES string of the molecule is COc1cc(CNC(=O)c2ccc(CN3CCCC(C)C3)cc2)ccc1OC(C)C. The van der Waals surface area contributed by atoms with E-state index >= 15 is 0 Å². The van der Waals surface area contributed by atoms with E-state index in [4.69, 9.17) is 9.47 Å². The molecule has 1 unspecified atom stereocenters. The van der Waals surface area contributed by atoms with Crippen molar-refractivity contribution in [2.45, 2.75) is 52.8 Å². The maximum atomic E-state index is 12.6. The van der Waals surface area contributed by atoms with Gasteiger partial charge in [0.2, 0.25) is 0 Å². The lowest BCUT2D eigenvalue weighted by molar-refractivity contribution is 0.0951. The molecule has 0 radical (unpaired) electrons. The molecule has 0 saturated carbocycles. The molecule has 0 aliphatic carbocycles. The summed E-state index contributed by atoms with van der Waals surface area (Å²) in [5.41, 5.74) is 2.90. The molecule has 2 aromatic rings. The lowest BCUT2D eigenvalue weighted by atomic mass is 9.99. The molecule has 1 aliphatic heterocycles. The predicted molar refractivity (Wildman–Crippen MR) is 120 cm³/mol. The van der Waals surface area contributed by atoms with Crippen LogP contribution in [0.1, 0.15) is 55.1 Å². The number of nitrogens with one attached hydrogen (secondary N) is 1. The normalized spacial score (nSPS) is 17.0. The first kappa shape index (κ1) is 22.2. The van der Waals surface area contributed by atoms with Crippen LogP contribution in [0.25, 0.3) is 0 Å². The van der Waals surface area contributed by atoms with E-state index < -0.39 is 0 Å². The highest BCUT2D eigenvalue weighted by atomic mass is 16.5. The molecule has 30 heavy (non-hydrogen) atoms. The van der Waals surface area contributed by atoms with Crippen molar-refractivity contribution in [2.24, 2.45) is 5.92 Å². The molecule has 5 nitrogen and oxygen atoms in total. The number of methoxy groups -OCH3 is 1. The van der Waals surface area contributed by atoms with E-state index in [1.807, 2.05) is 44.2 Å². The Hall–Kier alpha value is -2.53. The quantitative estimate of drug-likeness (QED) is 0.689. The number of ether oxygens (including phenoxy) is 2. The van der Waals surface area contributed by atoms with Gasteiger partial charge in [0, 0.05) is 25.2 Å². The summed E-state index contributed by atoms with van der Waals surface area (Å²) in [5.74, 6) is 2.08. The van der Waals surface area contributed by atoms with Gasteiger partial charge in [-0.2, -0.15) is 0 Å². The molecule has 1 saturated heterocycles. The first-order chi connectivity index (χ1) is 14.4. The maximum absolute atomic E-state index is 12.6. The van der Waals surface area contributed by atoms with E-state index in [0.29, 0.717) is 23.6 Å². The first-order valence-electron chi connectivity index (χ1n) is 10.9. The summed E-state index contributed by atoms with van der Waals surface area (Å²) in [6.07, 6.45) is 2.68. The fourth-order valence-corrected chi connectivity index (χ4v) is 3.91. The Labute approximate surface area is 180 Å². The molecule has 2 aromatic carbocycles. The second-order valence-electron chi connectivity index (χ2n) is 8.51. The molecule has 1 N–H and O–H groups in total. The molecule has 1 atom stereocenters. The van der Waals surface area contributed by atoms with Crippen LogP contribution in [0.5, 0.6) is 11.5 Å². The fraction of sp³-hybridized carbons (Fsp3) is 0.480. The van der Waals surface area contributed by atoms with E-state index in [0.717, 1.165) is 31.1 Å². The van der Waals surface area contributed by atoms with Gasteiger partial charge in [0.15, 0.2) is 11.5 Å². The lowest BCUT2D eigenvalue weighted by Gasteiger charge is -2.30. The summed E-state index contributed by atoms with van der Waals surface area (Å²) < 4.78 is 11.2. The molecular weight excluding hydrogens is 376 g/mol. The van der Waals surface area contributed by atoms with Crippen molar-refractivity contribution in [3.63, 3.8) is 0 Å². The Balaban J connectivity index is 1.54. The average molecular weight is 411 g/mol. The monoisotopic (exact) mass is 410 g/mol. The van der Waals surface area contributed by atoms with Crippen LogP contribution in [0.3, 0.4) is 0 Å². The van der Waals surface area contributed by atoms with Crippen molar-refractivity contribution in [3.05, 3.63) is 59.2 Å². The lowest BCUT2D eigenvalue weighted by Crippen LogP contribution is -2.33. The van der Waals surface area contributed by atoms with Crippen molar-refractivity contribution in [1.82, 2.24) is 10.2 Å². The highest BCUT2D eigenvalue weighted by Crippen LogP contribution is 2.29. The van der Waals surface area contributed by atoms with Crippen LogP contribution < -0.4 is 14.8 Å². The molecule has 1 fully saturated rings. The molecule has 0 bridgehead atoms. The standard InChI is InChI=1S/C25H34N2O3/c1-18(2)30-23-12-9-21(14-24(23)29-4)15-26-25(28)22-10-7-20(8-11-22)17-27-13-5-6-19(3)16-27/h7-12,14,18-19H,5-6,13,15-17H2,1-4H3,(H,26,28). The molecule has 0 spiro atoms. The van der Waals surface area contributed by atoms with E-state index in [1.54, 1.807) is 7.11 Å². The van der Waals surface area contributed by atoms with Gasteiger partial charge >= 0.3 is 0 Å². The third-order valence-corrected chi connectivity index (χ3v) is 5.41. The summed E-state index contributed by atoms with van der Waals surface area (Å²) in [4.78, 5) is 15.1. The zero-order chi connectivity index (χ0) is 21.5. The largest absolute Gasteiger partial charge is 0.493 e. The molecule has 1 heterocycles. The van der Waals surface area contributed by atoms with Gasteiger partial charge in [-0.25, -0.2) is 0 Å². The Morgan fingerprint density at radius 1 is 1.13 bits per heavy atom. The third kappa shape index (κ3) is 6.23. The van der Waals surface area contributed by atoms with Gasteiger partial charge in [-0.1, -0.05) is 25.1 Å². The van der Waals surface area contributed by atoms with Crippen molar-refractivity contribution < 1.29 is 14.3 Å². The van der Waals surface area contributed by atoms with E-state index in [2.05, 4.69) is 29.3 Å². The second kappa shape index (κ2) is 10.5. The number of piperidine rings is 1. The summed E-state index contributed by atoms with van der Waals surface area (Å²) in [6, 6.07) is 13.7. The summed E-state index contributed by atoms with van der Waals surface area (Å²) in [5, 5.41) is 2.99. The number of nitrogens with zero attached hydrogens (tertiary/aromatic N) is 1. The number of benzene rings is 2. The zero-order valence-electron chi connectivity index (χ0n) is 18.6. The Morgan fingerprint density at radius 3 is 2.53 bits per heavy atom. The van der Waals surface area contributed by atoms with E-state index in [-0.39, 0.29) is 12.0 Å². The maximum Gasteiger partial charge on any atom is 0.251 e. The Bertz CT molecular complexity index is 833. The van der Waals surface area contributed by atoms with Crippen molar-refractivity contribution >= 4 is 5.91 Å². The molecule has 162 valence electrons. The van der Waals surface area contributed by atoms with Gasteiger partial charge in [-0.05, 0) is 74.5 Å². The van der Waals surface area contributed by atoms with Crippen molar-refractivity contribution in [3.8, 4) is 11.5 Å². The minimum Gasteiger partial charge on any atom is -0.493 e. The third-order valence-electron chi connectivity index (χ3n) is 5.41. The Kier molecular flexibility index (Phi) is 7.75. The van der Waals surface area contributed by atoms with Crippen LogP contribution in [-0.4, -0.2) is 37.1 Å². The van der Waals surface area contributed by atoms with Gasteiger partial charge < -0.3 is 14.8 Å². The van der Waals surface area contributed by atoms with Crippen LogP contribution in [0.4, 0.5) is 0 Å². The van der Waals surface area contributed by atoms with Gasteiger partial charge in [0.05, 0.1) is 13.2 Å². The molecule has 0 aromatic heterocycles. The number of amides is 1. The van der Waals surface area contributed by atoms with Crippen molar-refractivity contribution in [2.75, 3.05) is 20.2 Å². The van der Waals surface area contributed by atoms with Crippen LogP contribution in [0.15, 0.2) is 42.5 Å². The van der Waals surface area contributed by atoms with Crippen molar-refractivity contribution in [1.29, 1.82) is 0 Å². The van der Waals surface area contributed by atoms with Crippen LogP contribution in [0, 0.1) is 5.92 Å². The van der Waals surface area contributed by atoms with Gasteiger partial charge in [0.25, 0.3) is 5.91 Å². The van der Waals surface area contributed by atoms with Gasteiger partial charge in [-0.15, -0.1) is 0 Å². The highest BCUT2D eigenvalue weighted by molar-refractivity contribution is 5.94. The number of rotatable bonds is 8. The van der Waals surface area contributed by atoms with Gasteiger partial charge in [0.1, 0.15) is 0 Å². The number of likely N-dealkylation sites (tertiary alicyclic amines) is 1. The zero-order valence-corrected chi connectivity index (χ0v) is 18.6. The summed E-state index contributed by atoms with van der Waals surface area (Å²) in [6.45, 7) is 9.99. The van der Waals surface area contributed by atoms with E-state index in [9.17, 15) is 4.79 Å². The fourth-order valence-electron chi connectivity index (χ4n) is 3.91. The molecular formula is C25H34N2O3. The van der Waals surface area contributed by atoms with Crippen LogP contribution in [0.2, 0.25) is 0 Å². The predicted octanol–water partition coefficient (Wildman–Crippen LogP) is 4.64. The topological polar surface area (TPSA) is 50.8 Å². The minimum absolute atomic E-state index is 0.0744. The Morgan fingerprint density at radius 2 is 1.87 bits per heavy atom. The first-order valence-corrected chi connectivity index (χ1v) is 10.9. The van der Waals surface area contributed by atoms with Crippen LogP contribution in [-0.2, 0) is 13.1 Å². The summed E-state index contributed by atoms with van der Waals surface area (Å²) in [7, 11) is 1.62. The summed E-state index contributed by atoms with van der Waals surface area (Å²) >= 11 is 0. The minimum atomic E-state index is -0.0744. The average Bonchev–Trinajstić information content (AvgIpc) is 2.73. The number of carbonyl (C=O) groups excluding carboxylic acids is 1. The number of carbonyl (C=O) groups is 1. The van der Waals surface area contributed by atoms with E-state index in [1.165, 1.54) is 18.4 Å². The second-order valence-corrected chi connectivity index (χ2v) is 8.51. The van der Waals surface area contributed by atoms with Gasteiger partial charge in [-0.3, -0.25) is 9.69 Å². The molecule has 1 aliphatic rings. The highest BCUT2D eigenvalue weighted by Gasteiger charge is 2.16. The molecule has 1 amide bonds. The number of hydrogen-bond acceptors (Lipinski definition) is 4. The molecule has 5 heteroatoms. The number of hydrogen-bond donors (Lipinski definition) is 1.